The Bertz CT molecular complexity index is 1240. The molecule has 2 aliphatic rings. The summed E-state index contributed by atoms with van der Waals surface area (Å²) in [6, 6.07) is 26.4. The normalized spacial score (nSPS) is 19.7. The molecule has 3 aromatic carbocycles. The summed E-state index contributed by atoms with van der Waals surface area (Å²) >= 11 is 0. The van der Waals surface area contributed by atoms with Crippen molar-refractivity contribution in [2.75, 3.05) is 16.6 Å². The van der Waals surface area contributed by atoms with Crippen molar-refractivity contribution in [3.05, 3.63) is 90.5 Å². The van der Waals surface area contributed by atoms with Crippen LogP contribution in [0.15, 0.2) is 95.1 Å². The van der Waals surface area contributed by atoms with Crippen LogP contribution in [0.2, 0.25) is 0 Å². The number of hydrazone groups is 2. The van der Waals surface area contributed by atoms with Crippen molar-refractivity contribution in [3.63, 3.8) is 0 Å². The molecule has 0 aromatic heterocycles. The molecule has 2 atom stereocenters. The predicted octanol–water partition coefficient (Wildman–Crippen LogP) is 5.25. The SMILES string of the molecule is CCOc1ccc(C([C@H]2C(=O)N(c3ccccc3)N=C2C)[C@H]2C(=O)N(c3ccccc3)N=C2C)cc1. The van der Waals surface area contributed by atoms with E-state index < -0.39 is 17.8 Å². The van der Waals surface area contributed by atoms with E-state index in [1.807, 2.05) is 106 Å². The summed E-state index contributed by atoms with van der Waals surface area (Å²) in [5.74, 6) is -1.28. The first-order valence-electron chi connectivity index (χ1n) is 12.1. The fourth-order valence-corrected chi connectivity index (χ4v) is 5.02. The highest BCUT2D eigenvalue weighted by Crippen LogP contribution is 2.42. The zero-order chi connectivity index (χ0) is 25.2. The van der Waals surface area contributed by atoms with Crippen LogP contribution in [-0.2, 0) is 9.59 Å². The number of benzene rings is 3. The molecule has 3 aromatic rings. The van der Waals surface area contributed by atoms with E-state index in [2.05, 4.69) is 10.2 Å². The van der Waals surface area contributed by atoms with Gasteiger partial charge in [0.1, 0.15) is 5.75 Å². The van der Waals surface area contributed by atoms with Gasteiger partial charge < -0.3 is 4.74 Å². The zero-order valence-electron chi connectivity index (χ0n) is 20.5. The summed E-state index contributed by atoms with van der Waals surface area (Å²) in [6.45, 7) is 6.20. The average molecular weight is 481 g/mol. The Morgan fingerprint density at radius 1 is 0.722 bits per heavy atom. The number of nitrogens with zero attached hydrogens (tertiary/aromatic N) is 4. The highest BCUT2D eigenvalue weighted by atomic mass is 16.5. The molecule has 2 amide bonds. The Balaban J connectivity index is 1.56. The third kappa shape index (κ3) is 4.17. The lowest BCUT2D eigenvalue weighted by Gasteiger charge is -2.28. The maximum Gasteiger partial charge on any atom is 0.256 e. The van der Waals surface area contributed by atoms with Gasteiger partial charge in [-0.2, -0.15) is 10.2 Å². The van der Waals surface area contributed by atoms with Gasteiger partial charge >= 0.3 is 0 Å². The summed E-state index contributed by atoms with van der Waals surface area (Å²) in [5.41, 5.74) is 3.60. The Hall–Kier alpha value is -4.26. The van der Waals surface area contributed by atoms with Gasteiger partial charge in [0.2, 0.25) is 0 Å². The number of hydrogen-bond donors (Lipinski definition) is 0. The second-order valence-electron chi connectivity index (χ2n) is 8.94. The highest BCUT2D eigenvalue weighted by molar-refractivity contribution is 6.19. The summed E-state index contributed by atoms with van der Waals surface area (Å²) in [7, 11) is 0. The molecule has 0 saturated carbocycles. The van der Waals surface area contributed by atoms with Gasteiger partial charge in [0.25, 0.3) is 11.8 Å². The van der Waals surface area contributed by atoms with Crippen molar-refractivity contribution in [2.24, 2.45) is 22.0 Å². The summed E-state index contributed by atoms with van der Waals surface area (Å²) in [6.07, 6.45) is 0. The van der Waals surface area contributed by atoms with Crippen LogP contribution in [0.25, 0.3) is 0 Å². The fraction of sp³-hybridized carbons (Fsp3) is 0.241. The molecule has 0 bridgehead atoms. The highest BCUT2D eigenvalue weighted by Gasteiger charge is 2.50. The lowest BCUT2D eigenvalue weighted by molar-refractivity contribution is -0.122. The number of hydrogen-bond acceptors (Lipinski definition) is 5. The topological polar surface area (TPSA) is 74.6 Å². The second-order valence-corrected chi connectivity index (χ2v) is 8.94. The van der Waals surface area contributed by atoms with Crippen LogP contribution in [0.1, 0.15) is 32.3 Å². The van der Waals surface area contributed by atoms with Gasteiger partial charge in [-0.15, -0.1) is 0 Å². The number of carbonyl (C=O) groups excluding carboxylic acids is 2. The minimum absolute atomic E-state index is 0.156. The van der Waals surface area contributed by atoms with E-state index in [-0.39, 0.29) is 11.8 Å². The first-order valence-corrected chi connectivity index (χ1v) is 12.1. The first kappa shape index (κ1) is 23.5. The van der Waals surface area contributed by atoms with Crippen molar-refractivity contribution in [1.82, 2.24) is 0 Å². The second kappa shape index (κ2) is 9.77. The lowest BCUT2D eigenvalue weighted by Crippen LogP contribution is -2.40. The van der Waals surface area contributed by atoms with E-state index in [0.717, 1.165) is 11.3 Å². The van der Waals surface area contributed by atoms with Gasteiger partial charge in [-0.3, -0.25) is 9.59 Å². The van der Waals surface area contributed by atoms with Gasteiger partial charge in [0.15, 0.2) is 0 Å². The maximum absolute atomic E-state index is 13.8. The Labute approximate surface area is 210 Å². The van der Waals surface area contributed by atoms with Crippen molar-refractivity contribution in [1.29, 1.82) is 0 Å². The molecule has 2 heterocycles. The van der Waals surface area contributed by atoms with Crippen molar-refractivity contribution >= 4 is 34.6 Å². The molecule has 0 saturated heterocycles. The summed E-state index contributed by atoms with van der Waals surface area (Å²) in [5, 5.41) is 12.1. The molecule has 5 rings (SSSR count). The van der Waals surface area contributed by atoms with Gasteiger partial charge in [-0.1, -0.05) is 48.5 Å². The van der Waals surface area contributed by atoms with Crippen LogP contribution < -0.4 is 14.8 Å². The van der Waals surface area contributed by atoms with E-state index in [9.17, 15) is 9.59 Å². The molecule has 0 aliphatic carbocycles. The summed E-state index contributed by atoms with van der Waals surface area (Å²) < 4.78 is 5.63. The predicted molar refractivity (Wildman–Crippen MR) is 141 cm³/mol. The third-order valence-corrected chi connectivity index (χ3v) is 6.66. The van der Waals surface area contributed by atoms with Gasteiger partial charge in [0, 0.05) is 17.3 Å². The number of ether oxygens (including phenoxy) is 1. The van der Waals surface area contributed by atoms with Gasteiger partial charge in [0.05, 0.1) is 29.8 Å². The fourth-order valence-electron chi connectivity index (χ4n) is 5.02. The van der Waals surface area contributed by atoms with Crippen LogP contribution in [0, 0.1) is 11.8 Å². The molecule has 182 valence electrons. The minimum Gasteiger partial charge on any atom is -0.494 e. The molecular weight excluding hydrogens is 452 g/mol. The lowest BCUT2D eigenvalue weighted by atomic mass is 9.73. The van der Waals surface area contributed by atoms with Gasteiger partial charge in [-0.25, -0.2) is 10.0 Å². The number of carbonyl (C=O) groups is 2. The molecule has 7 heteroatoms. The Morgan fingerprint density at radius 3 is 1.58 bits per heavy atom. The van der Waals surface area contributed by atoms with Crippen LogP contribution >= 0.6 is 0 Å². The smallest absolute Gasteiger partial charge is 0.256 e. The van der Waals surface area contributed by atoms with E-state index in [0.29, 0.717) is 29.4 Å². The first-order chi connectivity index (χ1) is 17.5. The molecule has 0 unspecified atom stereocenters. The average Bonchev–Trinajstić information content (AvgIpc) is 3.36. The minimum atomic E-state index is -0.613. The van der Waals surface area contributed by atoms with Crippen LogP contribution in [0.4, 0.5) is 11.4 Å². The third-order valence-electron chi connectivity index (χ3n) is 6.66. The standard InChI is InChI=1S/C29H28N4O3/c1-4-36-24-17-15-21(16-18-24)27(25-19(2)30-32(28(25)34)22-11-7-5-8-12-22)26-20(3)31-33(29(26)35)23-13-9-6-10-14-23/h5-18,25-27H,4H2,1-3H3/t25-,26-/m0/s1. The molecule has 0 spiro atoms. The maximum atomic E-state index is 13.8. The molecule has 7 nitrogen and oxygen atoms in total. The van der Waals surface area contributed by atoms with Gasteiger partial charge in [-0.05, 0) is 62.7 Å². The molecular formula is C29H28N4O3. The van der Waals surface area contributed by atoms with Crippen molar-refractivity contribution in [3.8, 4) is 5.75 Å². The Kier molecular flexibility index (Phi) is 6.38. The molecule has 36 heavy (non-hydrogen) atoms. The number of rotatable bonds is 7. The monoisotopic (exact) mass is 480 g/mol. The number of anilines is 2. The van der Waals surface area contributed by atoms with Crippen molar-refractivity contribution < 1.29 is 14.3 Å². The number of para-hydroxylation sites is 2. The van der Waals surface area contributed by atoms with Crippen molar-refractivity contribution in [2.45, 2.75) is 26.7 Å². The Morgan fingerprint density at radius 2 is 1.17 bits per heavy atom. The van der Waals surface area contributed by atoms with E-state index in [1.54, 1.807) is 0 Å². The van der Waals surface area contributed by atoms with E-state index in [4.69, 9.17) is 4.74 Å². The van der Waals surface area contributed by atoms with Crippen LogP contribution in [0.5, 0.6) is 5.75 Å². The van der Waals surface area contributed by atoms with Crippen LogP contribution in [0.3, 0.4) is 0 Å². The molecule has 0 radical (unpaired) electrons. The largest absolute Gasteiger partial charge is 0.494 e. The quantitative estimate of drug-likeness (QED) is 0.464. The number of amides is 2. The van der Waals surface area contributed by atoms with E-state index in [1.165, 1.54) is 10.0 Å². The molecule has 0 N–H and O–H groups in total. The zero-order valence-corrected chi connectivity index (χ0v) is 20.5. The van der Waals surface area contributed by atoms with Crippen LogP contribution in [-0.4, -0.2) is 29.8 Å². The summed E-state index contributed by atoms with van der Waals surface area (Å²) in [4.78, 5) is 27.7. The van der Waals surface area contributed by atoms with E-state index >= 15 is 0 Å². The molecule has 2 aliphatic heterocycles. The molecule has 0 fully saturated rings.